The molecule has 0 unspecified atom stereocenters. The molecular formula is C14H10BrF3N2O. The van der Waals surface area contributed by atoms with Crippen LogP contribution in [-0.4, -0.2) is 5.84 Å². The van der Waals surface area contributed by atoms with Crippen LogP contribution >= 0.6 is 15.9 Å². The molecule has 2 aromatic rings. The summed E-state index contributed by atoms with van der Waals surface area (Å²) in [5.41, 5.74) is 5.16. The van der Waals surface area contributed by atoms with E-state index in [0.29, 0.717) is 15.8 Å². The van der Waals surface area contributed by atoms with Gasteiger partial charge in [0.2, 0.25) is 0 Å². The quantitative estimate of drug-likeness (QED) is 0.624. The van der Waals surface area contributed by atoms with E-state index in [1.165, 1.54) is 12.1 Å². The van der Waals surface area contributed by atoms with Gasteiger partial charge in [-0.05, 0) is 58.4 Å². The molecule has 0 aliphatic rings. The smallest absolute Gasteiger partial charge is 0.416 e. The van der Waals surface area contributed by atoms with Crippen LogP contribution in [0.3, 0.4) is 0 Å². The summed E-state index contributed by atoms with van der Waals surface area (Å²) in [6.45, 7) is 0. The Bertz CT molecular complexity index is 669. The molecule has 0 spiro atoms. The zero-order valence-corrected chi connectivity index (χ0v) is 12.1. The van der Waals surface area contributed by atoms with Gasteiger partial charge in [0.1, 0.15) is 17.3 Å². The monoisotopic (exact) mass is 358 g/mol. The Kier molecular flexibility index (Phi) is 4.22. The summed E-state index contributed by atoms with van der Waals surface area (Å²) in [7, 11) is 0. The van der Waals surface area contributed by atoms with E-state index in [4.69, 9.17) is 15.9 Å². The fourth-order valence-corrected chi connectivity index (χ4v) is 2.20. The number of amidine groups is 1. The van der Waals surface area contributed by atoms with E-state index in [2.05, 4.69) is 15.9 Å². The minimum atomic E-state index is -4.37. The Morgan fingerprint density at radius 2 is 1.62 bits per heavy atom. The molecule has 0 aliphatic carbocycles. The maximum Gasteiger partial charge on any atom is 0.416 e. The standard InChI is InChI=1S/C14H10BrF3N2O/c15-12-7-10(5-6-11(12)13(19)20)21-9-3-1-8(2-4-9)14(16,17)18/h1-7H,(H3,19,20). The maximum absolute atomic E-state index is 12.4. The number of hydrogen-bond acceptors (Lipinski definition) is 2. The Balaban J connectivity index is 2.19. The van der Waals surface area contributed by atoms with Crippen LogP contribution in [0.25, 0.3) is 0 Å². The second-order valence-electron chi connectivity index (χ2n) is 4.18. The number of rotatable bonds is 3. The summed E-state index contributed by atoms with van der Waals surface area (Å²) in [4.78, 5) is 0. The molecule has 0 atom stereocenters. The van der Waals surface area contributed by atoms with E-state index in [0.717, 1.165) is 12.1 Å². The zero-order valence-electron chi connectivity index (χ0n) is 10.5. The van der Waals surface area contributed by atoms with Gasteiger partial charge in [-0.2, -0.15) is 13.2 Å². The van der Waals surface area contributed by atoms with Crippen molar-refractivity contribution in [1.29, 1.82) is 5.41 Å². The van der Waals surface area contributed by atoms with Crippen molar-refractivity contribution in [3.8, 4) is 11.5 Å². The van der Waals surface area contributed by atoms with Crippen LogP contribution in [0.5, 0.6) is 11.5 Å². The van der Waals surface area contributed by atoms with Gasteiger partial charge in [-0.25, -0.2) is 0 Å². The van der Waals surface area contributed by atoms with Crippen molar-refractivity contribution in [3.05, 3.63) is 58.1 Å². The summed E-state index contributed by atoms with van der Waals surface area (Å²) in [6.07, 6.45) is -4.37. The van der Waals surface area contributed by atoms with Gasteiger partial charge in [-0.15, -0.1) is 0 Å². The third-order valence-corrected chi connectivity index (χ3v) is 3.30. The van der Waals surface area contributed by atoms with Crippen LogP contribution in [0.1, 0.15) is 11.1 Å². The lowest BCUT2D eigenvalue weighted by Gasteiger charge is -2.10. The van der Waals surface area contributed by atoms with Gasteiger partial charge in [0, 0.05) is 10.0 Å². The van der Waals surface area contributed by atoms with E-state index in [1.54, 1.807) is 18.2 Å². The molecule has 110 valence electrons. The van der Waals surface area contributed by atoms with Crippen molar-refractivity contribution in [3.63, 3.8) is 0 Å². The lowest BCUT2D eigenvalue weighted by molar-refractivity contribution is -0.137. The van der Waals surface area contributed by atoms with Crippen LogP contribution in [0.2, 0.25) is 0 Å². The van der Waals surface area contributed by atoms with Gasteiger partial charge < -0.3 is 10.5 Å². The third kappa shape index (κ3) is 3.75. The number of alkyl halides is 3. The molecule has 0 aliphatic heterocycles. The topological polar surface area (TPSA) is 59.1 Å². The van der Waals surface area contributed by atoms with E-state index >= 15 is 0 Å². The van der Waals surface area contributed by atoms with E-state index < -0.39 is 11.7 Å². The molecule has 7 heteroatoms. The van der Waals surface area contributed by atoms with Crippen molar-refractivity contribution in [2.24, 2.45) is 5.73 Å². The molecule has 3 nitrogen and oxygen atoms in total. The van der Waals surface area contributed by atoms with Gasteiger partial charge in [0.05, 0.1) is 5.56 Å². The molecule has 0 heterocycles. The van der Waals surface area contributed by atoms with Crippen molar-refractivity contribution >= 4 is 21.8 Å². The summed E-state index contributed by atoms with van der Waals surface area (Å²) >= 11 is 3.25. The molecule has 21 heavy (non-hydrogen) atoms. The first-order valence-corrected chi connectivity index (χ1v) is 6.56. The second kappa shape index (κ2) is 5.77. The highest BCUT2D eigenvalue weighted by molar-refractivity contribution is 9.10. The van der Waals surface area contributed by atoms with Crippen molar-refractivity contribution in [2.75, 3.05) is 0 Å². The Morgan fingerprint density at radius 3 is 2.10 bits per heavy atom. The van der Waals surface area contributed by atoms with Gasteiger partial charge in [-0.3, -0.25) is 5.41 Å². The van der Waals surface area contributed by atoms with Crippen LogP contribution in [-0.2, 0) is 6.18 Å². The molecule has 0 fully saturated rings. The highest BCUT2D eigenvalue weighted by atomic mass is 79.9. The highest BCUT2D eigenvalue weighted by Crippen LogP contribution is 2.32. The minimum absolute atomic E-state index is 0.0945. The molecular weight excluding hydrogens is 349 g/mol. The summed E-state index contributed by atoms with van der Waals surface area (Å²) in [5.74, 6) is 0.611. The maximum atomic E-state index is 12.4. The fraction of sp³-hybridized carbons (Fsp3) is 0.0714. The van der Waals surface area contributed by atoms with E-state index in [-0.39, 0.29) is 11.6 Å². The molecule has 0 radical (unpaired) electrons. The van der Waals surface area contributed by atoms with Crippen molar-refractivity contribution in [1.82, 2.24) is 0 Å². The largest absolute Gasteiger partial charge is 0.457 e. The van der Waals surface area contributed by atoms with Gasteiger partial charge >= 0.3 is 6.18 Å². The average molecular weight is 359 g/mol. The normalized spacial score (nSPS) is 11.2. The molecule has 2 rings (SSSR count). The van der Waals surface area contributed by atoms with Crippen molar-refractivity contribution < 1.29 is 17.9 Å². The number of ether oxygens (including phenoxy) is 1. The predicted molar refractivity (Wildman–Crippen MR) is 76.7 cm³/mol. The van der Waals surface area contributed by atoms with E-state index in [9.17, 15) is 13.2 Å². The van der Waals surface area contributed by atoms with Crippen molar-refractivity contribution in [2.45, 2.75) is 6.18 Å². The number of benzene rings is 2. The summed E-state index contributed by atoms with van der Waals surface area (Å²) in [5, 5.41) is 7.35. The lowest BCUT2D eigenvalue weighted by Crippen LogP contribution is -2.11. The number of nitrogen functional groups attached to an aromatic ring is 1. The van der Waals surface area contributed by atoms with Gasteiger partial charge in [-0.1, -0.05) is 0 Å². The second-order valence-corrected chi connectivity index (χ2v) is 5.03. The molecule has 0 amide bonds. The third-order valence-electron chi connectivity index (χ3n) is 2.65. The number of halogens is 4. The minimum Gasteiger partial charge on any atom is -0.457 e. The lowest BCUT2D eigenvalue weighted by atomic mass is 10.2. The fourth-order valence-electron chi connectivity index (χ4n) is 1.63. The van der Waals surface area contributed by atoms with Crippen LogP contribution in [0.15, 0.2) is 46.9 Å². The molecule has 0 saturated heterocycles. The number of hydrogen-bond donors (Lipinski definition) is 2. The summed E-state index contributed by atoms with van der Waals surface area (Å²) in [6, 6.07) is 9.16. The average Bonchev–Trinajstić information content (AvgIpc) is 2.38. The number of nitrogens with two attached hydrogens (primary N) is 1. The first kappa shape index (κ1) is 15.4. The Hall–Kier alpha value is -2.02. The first-order valence-electron chi connectivity index (χ1n) is 5.76. The number of nitrogens with one attached hydrogen (secondary N) is 1. The highest BCUT2D eigenvalue weighted by Gasteiger charge is 2.30. The predicted octanol–water partition coefficient (Wildman–Crippen LogP) is 4.54. The van der Waals surface area contributed by atoms with Gasteiger partial charge in [0.25, 0.3) is 0 Å². The molecule has 0 aromatic heterocycles. The zero-order chi connectivity index (χ0) is 15.6. The van der Waals surface area contributed by atoms with Crippen LogP contribution in [0, 0.1) is 5.41 Å². The Labute approximate surface area is 127 Å². The first-order chi connectivity index (χ1) is 9.77. The SMILES string of the molecule is N=C(N)c1ccc(Oc2ccc(C(F)(F)F)cc2)cc1Br. The Morgan fingerprint density at radius 1 is 1.05 bits per heavy atom. The molecule has 0 saturated carbocycles. The molecule has 2 aromatic carbocycles. The van der Waals surface area contributed by atoms with Gasteiger partial charge in [0.15, 0.2) is 0 Å². The van der Waals surface area contributed by atoms with Crippen LogP contribution in [0.4, 0.5) is 13.2 Å². The van der Waals surface area contributed by atoms with Crippen LogP contribution < -0.4 is 10.5 Å². The summed E-state index contributed by atoms with van der Waals surface area (Å²) < 4.78 is 43.3. The van der Waals surface area contributed by atoms with E-state index in [1.807, 2.05) is 0 Å². The molecule has 0 bridgehead atoms. The molecule has 3 N–H and O–H groups in total.